The third-order valence-electron chi connectivity index (χ3n) is 3.93. The lowest BCUT2D eigenvalue weighted by molar-refractivity contribution is -0.122. The molecule has 0 saturated carbocycles. The van der Waals surface area contributed by atoms with Gasteiger partial charge in [-0.25, -0.2) is 0 Å². The van der Waals surface area contributed by atoms with Crippen LogP contribution in [0.15, 0.2) is 48.0 Å². The van der Waals surface area contributed by atoms with Crippen LogP contribution in [0.3, 0.4) is 0 Å². The van der Waals surface area contributed by atoms with Crippen LogP contribution in [0.1, 0.15) is 5.56 Å². The van der Waals surface area contributed by atoms with Crippen LogP contribution in [0.2, 0.25) is 10.0 Å². The number of nitrogens with one attached hydrogen (secondary N) is 1. The molecule has 0 bridgehead atoms. The molecule has 0 atom stereocenters. The number of hydrogen-bond acceptors (Lipinski definition) is 4. The van der Waals surface area contributed by atoms with Gasteiger partial charge in [0.15, 0.2) is 5.11 Å². The summed E-state index contributed by atoms with van der Waals surface area (Å²) in [6.07, 6.45) is 1.53. The maximum Gasteiger partial charge on any atom is 0.270 e. The van der Waals surface area contributed by atoms with Gasteiger partial charge in [-0.1, -0.05) is 35.3 Å². The molecule has 0 aliphatic carbocycles. The van der Waals surface area contributed by atoms with E-state index in [-0.39, 0.29) is 10.7 Å². The topological polar surface area (TPSA) is 52.7 Å². The van der Waals surface area contributed by atoms with Gasteiger partial charge in [-0.15, -0.1) is 0 Å². The second kappa shape index (κ2) is 7.68. The summed E-state index contributed by atoms with van der Waals surface area (Å²) in [5.74, 6) is -1.09. The molecular formula is C19H15Cl2N3O2S. The first-order valence-corrected chi connectivity index (χ1v) is 9.07. The number of amides is 2. The van der Waals surface area contributed by atoms with E-state index < -0.39 is 11.8 Å². The Hall–Kier alpha value is -2.41. The van der Waals surface area contributed by atoms with Crippen LogP contribution in [-0.2, 0) is 9.59 Å². The molecule has 0 radical (unpaired) electrons. The van der Waals surface area contributed by atoms with E-state index in [1.165, 1.54) is 11.0 Å². The van der Waals surface area contributed by atoms with Crippen molar-refractivity contribution in [3.8, 4) is 0 Å². The summed E-state index contributed by atoms with van der Waals surface area (Å²) >= 11 is 17.2. The zero-order chi connectivity index (χ0) is 19.7. The van der Waals surface area contributed by atoms with E-state index in [1.807, 2.05) is 43.3 Å². The highest BCUT2D eigenvalue weighted by Crippen LogP contribution is 2.28. The predicted octanol–water partition coefficient (Wildman–Crippen LogP) is 3.89. The number of anilines is 2. The smallest absolute Gasteiger partial charge is 0.270 e. The van der Waals surface area contributed by atoms with Gasteiger partial charge in [0.25, 0.3) is 11.8 Å². The average Bonchev–Trinajstić information content (AvgIpc) is 2.58. The third kappa shape index (κ3) is 4.13. The summed E-state index contributed by atoms with van der Waals surface area (Å²) in [4.78, 5) is 28.5. The number of halogens is 2. The lowest BCUT2D eigenvalue weighted by Crippen LogP contribution is -2.54. The van der Waals surface area contributed by atoms with Crippen molar-refractivity contribution < 1.29 is 9.59 Å². The first kappa shape index (κ1) is 19.4. The van der Waals surface area contributed by atoms with Crippen molar-refractivity contribution in [2.24, 2.45) is 0 Å². The van der Waals surface area contributed by atoms with E-state index in [0.29, 0.717) is 15.7 Å². The normalized spacial score (nSPS) is 15.9. The van der Waals surface area contributed by atoms with Crippen molar-refractivity contribution in [2.45, 2.75) is 0 Å². The van der Waals surface area contributed by atoms with E-state index in [1.54, 1.807) is 18.2 Å². The summed E-state index contributed by atoms with van der Waals surface area (Å²) in [7, 11) is 3.86. The Bertz CT molecular complexity index is 951. The predicted molar refractivity (Wildman–Crippen MR) is 113 cm³/mol. The molecular weight excluding hydrogens is 405 g/mol. The highest BCUT2D eigenvalue weighted by Gasteiger charge is 2.34. The Morgan fingerprint density at radius 1 is 1.04 bits per heavy atom. The molecule has 0 unspecified atom stereocenters. The number of thiocarbonyl (C=S) groups is 1. The Kier molecular flexibility index (Phi) is 5.51. The molecule has 138 valence electrons. The molecule has 2 aromatic carbocycles. The van der Waals surface area contributed by atoms with Crippen molar-refractivity contribution >= 4 is 69.8 Å². The molecule has 0 spiro atoms. The van der Waals surface area contributed by atoms with Gasteiger partial charge in [0.05, 0.1) is 5.69 Å². The van der Waals surface area contributed by atoms with Crippen LogP contribution in [-0.4, -0.2) is 31.0 Å². The Balaban J connectivity index is 1.99. The molecule has 1 fully saturated rings. The minimum atomic E-state index is -0.550. The summed E-state index contributed by atoms with van der Waals surface area (Å²) in [5, 5.41) is 3.22. The van der Waals surface area contributed by atoms with Crippen molar-refractivity contribution in [3.05, 3.63) is 63.6 Å². The Morgan fingerprint density at radius 2 is 1.63 bits per heavy atom. The second-order valence-electron chi connectivity index (χ2n) is 6.07. The van der Waals surface area contributed by atoms with Crippen LogP contribution in [0.5, 0.6) is 0 Å². The van der Waals surface area contributed by atoms with E-state index in [2.05, 4.69) is 5.32 Å². The lowest BCUT2D eigenvalue weighted by atomic mass is 10.1. The van der Waals surface area contributed by atoms with Gasteiger partial charge in [0.1, 0.15) is 5.57 Å². The van der Waals surface area contributed by atoms with Crippen LogP contribution in [0.25, 0.3) is 6.08 Å². The van der Waals surface area contributed by atoms with Gasteiger partial charge >= 0.3 is 0 Å². The lowest BCUT2D eigenvalue weighted by Gasteiger charge is -2.29. The fourth-order valence-corrected chi connectivity index (χ4v) is 3.39. The van der Waals surface area contributed by atoms with Gasteiger partial charge in [0, 0.05) is 29.8 Å². The van der Waals surface area contributed by atoms with Gasteiger partial charge in [0.2, 0.25) is 0 Å². The molecule has 1 N–H and O–H groups in total. The molecule has 1 saturated heterocycles. The van der Waals surface area contributed by atoms with E-state index in [0.717, 1.165) is 11.3 Å². The summed E-state index contributed by atoms with van der Waals surface area (Å²) in [6.45, 7) is 0. The van der Waals surface area contributed by atoms with Crippen LogP contribution in [0.4, 0.5) is 11.4 Å². The molecule has 3 rings (SSSR count). The molecule has 1 aliphatic heterocycles. The van der Waals surface area contributed by atoms with Crippen molar-refractivity contribution in [1.29, 1.82) is 0 Å². The Labute approximate surface area is 172 Å². The molecule has 0 aromatic heterocycles. The van der Waals surface area contributed by atoms with Crippen molar-refractivity contribution in [3.63, 3.8) is 0 Å². The maximum absolute atomic E-state index is 13.0. The fourth-order valence-electron chi connectivity index (χ4n) is 2.60. The SMILES string of the molecule is CN(C)c1ccc(C=C2C(=O)NC(=S)N(c3cc(Cl)cc(Cl)c3)C2=O)cc1. The van der Waals surface area contributed by atoms with E-state index >= 15 is 0 Å². The molecule has 1 heterocycles. The molecule has 2 aromatic rings. The highest BCUT2D eigenvalue weighted by molar-refractivity contribution is 7.80. The van der Waals surface area contributed by atoms with Crippen LogP contribution < -0.4 is 15.1 Å². The van der Waals surface area contributed by atoms with Gasteiger partial charge < -0.3 is 4.90 Å². The molecule has 5 nitrogen and oxygen atoms in total. The zero-order valence-corrected chi connectivity index (χ0v) is 16.8. The molecule has 27 heavy (non-hydrogen) atoms. The number of hydrogen-bond donors (Lipinski definition) is 1. The zero-order valence-electron chi connectivity index (χ0n) is 14.5. The first-order chi connectivity index (χ1) is 12.8. The third-order valence-corrected chi connectivity index (χ3v) is 4.65. The average molecular weight is 420 g/mol. The number of rotatable bonds is 3. The highest BCUT2D eigenvalue weighted by atomic mass is 35.5. The summed E-state index contributed by atoms with van der Waals surface area (Å²) in [6, 6.07) is 12.1. The standard InChI is InChI=1S/C19H15Cl2N3O2S/c1-23(2)14-5-3-11(4-6-14)7-16-17(25)22-19(27)24(18(16)26)15-9-12(20)8-13(21)10-15/h3-10H,1-2H3,(H,22,25,27). The quantitative estimate of drug-likeness (QED) is 0.465. The van der Waals surface area contributed by atoms with Crippen LogP contribution in [0, 0.1) is 0 Å². The fraction of sp³-hybridized carbons (Fsp3) is 0.105. The van der Waals surface area contributed by atoms with Crippen molar-refractivity contribution in [2.75, 3.05) is 23.9 Å². The van der Waals surface area contributed by atoms with Crippen molar-refractivity contribution in [1.82, 2.24) is 5.32 Å². The summed E-state index contributed by atoms with van der Waals surface area (Å²) in [5.41, 5.74) is 2.08. The maximum atomic E-state index is 13.0. The number of nitrogens with zero attached hydrogens (tertiary/aromatic N) is 2. The van der Waals surface area contributed by atoms with Gasteiger partial charge in [-0.2, -0.15) is 0 Å². The first-order valence-electron chi connectivity index (χ1n) is 7.91. The number of carbonyl (C=O) groups is 2. The Morgan fingerprint density at radius 3 is 2.19 bits per heavy atom. The van der Waals surface area contributed by atoms with Gasteiger partial charge in [-0.05, 0) is 54.2 Å². The van der Waals surface area contributed by atoms with E-state index in [9.17, 15) is 9.59 Å². The number of benzene rings is 2. The molecule has 8 heteroatoms. The van der Waals surface area contributed by atoms with Gasteiger partial charge in [-0.3, -0.25) is 19.8 Å². The molecule has 2 amide bonds. The summed E-state index contributed by atoms with van der Waals surface area (Å²) < 4.78 is 0. The van der Waals surface area contributed by atoms with E-state index in [4.69, 9.17) is 35.4 Å². The monoisotopic (exact) mass is 419 g/mol. The number of carbonyl (C=O) groups excluding carboxylic acids is 2. The molecule has 1 aliphatic rings. The second-order valence-corrected chi connectivity index (χ2v) is 7.33. The largest absolute Gasteiger partial charge is 0.378 e. The van der Waals surface area contributed by atoms with Crippen LogP contribution >= 0.6 is 35.4 Å². The minimum absolute atomic E-state index is 0.0246. The minimum Gasteiger partial charge on any atom is -0.378 e.